The van der Waals surface area contributed by atoms with Crippen molar-refractivity contribution in [1.29, 1.82) is 0 Å². The lowest BCUT2D eigenvalue weighted by Gasteiger charge is -2.29. The first-order valence-corrected chi connectivity index (χ1v) is 7.97. The minimum Gasteiger partial charge on any atom is -0.311 e. The molecular weight excluding hydrogens is 236 g/mol. The quantitative estimate of drug-likeness (QED) is 0.870. The van der Waals surface area contributed by atoms with Crippen molar-refractivity contribution in [3.8, 4) is 0 Å². The molecule has 0 amide bonds. The van der Waals surface area contributed by atoms with Crippen LogP contribution in [-0.2, 0) is 6.54 Å². The Morgan fingerprint density at radius 3 is 3.12 bits per heavy atom. The predicted octanol–water partition coefficient (Wildman–Crippen LogP) is 2.27. The summed E-state index contributed by atoms with van der Waals surface area (Å²) in [6, 6.07) is 5.05. The molecule has 90 valence electrons. The van der Waals surface area contributed by atoms with Gasteiger partial charge in [-0.25, -0.2) is 0 Å². The summed E-state index contributed by atoms with van der Waals surface area (Å²) in [6.45, 7) is 6.86. The lowest BCUT2D eigenvalue weighted by Crippen LogP contribution is -2.45. The third kappa shape index (κ3) is 3.77. The van der Waals surface area contributed by atoms with E-state index >= 15 is 0 Å². The van der Waals surface area contributed by atoms with E-state index in [1.165, 1.54) is 29.5 Å². The average molecular weight is 256 g/mol. The predicted molar refractivity (Wildman–Crippen MR) is 74.4 cm³/mol. The molecule has 0 spiro atoms. The van der Waals surface area contributed by atoms with Gasteiger partial charge in [0, 0.05) is 42.1 Å². The molecular formula is C12H20N2S2. The van der Waals surface area contributed by atoms with Crippen LogP contribution in [0.2, 0.25) is 0 Å². The third-order valence-electron chi connectivity index (χ3n) is 2.88. The highest BCUT2D eigenvalue weighted by atomic mass is 32.2. The van der Waals surface area contributed by atoms with Gasteiger partial charge in [0.1, 0.15) is 0 Å². The van der Waals surface area contributed by atoms with E-state index in [2.05, 4.69) is 46.4 Å². The highest BCUT2D eigenvalue weighted by molar-refractivity contribution is 7.99. The second kappa shape index (κ2) is 6.64. The number of nitrogens with one attached hydrogen (secondary N) is 1. The highest BCUT2D eigenvalue weighted by Crippen LogP contribution is 2.14. The molecule has 1 saturated heterocycles. The van der Waals surface area contributed by atoms with Crippen LogP contribution in [0.25, 0.3) is 0 Å². The standard InChI is InChI=1S/C12H20N2S2/c1-2-14(9-12-4-3-6-16-12)8-11-10-15-7-5-13-11/h3-4,6,11,13H,2,5,7-10H2,1H3. The van der Waals surface area contributed by atoms with Gasteiger partial charge in [-0.1, -0.05) is 13.0 Å². The third-order valence-corrected chi connectivity index (χ3v) is 4.88. The van der Waals surface area contributed by atoms with E-state index in [-0.39, 0.29) is 0 Å². The molecule has 2 rings (SSSR count). The van der Waals surface area contributed by atoms with E-state index in [0.717, 1.165) is 13.1 Å². The number of nitrogens with zero attached hydrogens (tertiary/aromatic N) is 1. The fraction of sp³-hybridized carbons (Fsp3) is 0.667. The molecule has 1 aliphatic heterocycles. The Morgan fingerprint density at radius 1 is 1.56 bits per heavy atom. The van der Waals surface area contributed by atoms with Crippen molar-refractivity contribution < 1.29 is 0 Å². The molecule has 0 saturated carbocycles. The summed E-state index contributed by atoms with van der Waals surface area (Å²) < 4.78 is 0. The number of likely N-dealkylation sites (N-methyl/N-ethyl adjacent to an activating group) is 1. The summed E-state index contributed by atoms with van der Waals surface area (Å²) in [6.07, 6.45) is 0. The zero-order valence-corrected chi connectivity index (χ0v) is 11.4. The first kappa shape index (κ1) is 12.4. The van der Waals surface area contributed by atoms with E-state index in [4.69, 9.17) is 0 Å². The summed E-state index contributed by atoms with van der Waals surface area (Å²) in [7, 11) is 0. The maximum absolute atomic E-state index is 3.60. The van der Waals surface area contributed by atoms with Crippen LogP contribution in [0, 0.1) is 0 Å². The minimum absolute atomic E-state index is 0.679. The van der Waals surface area contributed by atoms with Crippen molar-refractivity contribution in [2.75, 3.05) is 31.1 Å². The molecule has 0 radical (unpaired) electrons. The van der Waals surface area contributed by atoms with Crippen molar-refractivity contribution in [2.45, 2.75) is 19.5 Å². The number of thioether (sulfide) groups is 1. The van der Waals surface area contributed by atoms with Gasteiger partial charge >= 0.3 is 0 Å². The lowest BCUT2D eigenvalue weighted by atomic mass is 10.3. The zero-order valence-electron chi connectivity index (χ0n) is 9.82. The number of hydrogen-bond donors (Lipinski definition) is 1. The molecule has 0 bridgehead atoms. The van der Waals surface area contributed by atoms with E-state index < -0.39 is 0 Å². The molecule has 1 aromatic rings. The van der Waals surface area contributed by atoms with Crippen molar-refractivity contribution in [2.24, 2.45) is 0 Å². The van der Waals surface area contributed by atoms with Crippen molar-refractivity contribution in [3.63, 3.8) is 0 Å². The van der Waals surface area contributed by atoms with Crippen LogP contribution in [0.5, 0.6) is 0 Å². The van der Waals surface area contributed by atoms with E-state index in [1.54, 1.807) is 0 Å². The Bertz CT molecular complexity index is 281. The summed E-state index contributed by atoms with van der Waals surface area (Å²) in [5.74, 6) is 2.54. The van der Waals surface area contributed by atoms with Crippen LogP contribution in [0.3, 0.4) is 0 Å². The molecule has 0 aliphatic carbocycles. The number of hydrogen-bond acceptors (Lipinski definition) is 4. The molecule has 16 heavy (non-hydrogen) atoms. The molecule has 1 N–H and O–H groups in total. The van der Waals surface area contributed by atoms with Crippen LogP contribution < -0.4 is 5.32 Å². The van der Waals surface area contributed by atoms with Crippen LogP contribution in [0.1, 0.15) is 11.8 Å². The Morgan fingerprint density at radius 2 is 2.50 bits per heavy atom. The van der Waals surface area contributed by atoms with Gasteiger partial charge in [0.25, 0.3) is 0 Å². The first-order chi connectivity index (χ1) is 7.88. The molecule has 1 fully saturated rings. The van der Waals surface area contributed by atoms with Crippen LogP contribution in [0.4, 0.5) is 0 Å². The molecule has 2 heterocycles. The second-order valence-electron chi connectivity index (χ2n) is 4.13. The van der Waals surface area contributed by atoms with Gasteiger partial charge in [-0.2, -0.15) is 11.8 Å². The summed E-state index contributed by atoms with van der Waals surface area (Å²) in [5, 5.41) is 5.77. The van der Waals surface area contributed by atoms with Crippen LogP contribution in [-0.4, -0.2) is 42.1 Å². The average Bonchev–Trinajstić information content (AvgIpc) is 2.82. The number of thiophene rings is 1. The molecule has 1 aromatic heterocycles. The summed E-state index contributed by atoms with van der Waals surface area (Å²) in [5.41, 5.74) is 0. The molecule has 4 heteroatoms. The van der Waals surface area contributed by atoms with Gasteiger partial charge in [-0.15, -0.1) is 11.3 Å². The van der Waals surface area contributed by atoms with Gasteiger partial charge in [0.2, 0.25) is 0 Å². The monoisotopic (exact) mass is 256 g/mol. The van der Waals surface area contributed by atoms with E-state index in [0.29, 0.717) is 6.04 Å². The lowest BCUT2D eigenvalue weighted by molar-refractivity contribution is 0.255. The minimum atomic E-state index is 0.679. The second-order valence-corrected chi connectivity index (χ2v) is 6.32. The van der Waals surface area contributed by atoms with Gasteiger partial charge in [-0.3, -0.25) is 4.90 Å². The Hall–Kier alpha value is -0.0300. The normalized spacial score (nSPS) is 21.5. The van der Waals surface area contributed by atoms with Gasteiger partial charge in [0.15, 0.2) is 0 Å². The summed E-state index contributed by atoms with van der Waals surface area (Å²) in [4.78, 5) is 4.01. The van der Waals surface area contributed by atoms with Crippen molar-refractivity contribution in [1.82, 2.24) is 10.2 Å². The molecule has 1 unspecified atom stereocenters. The van der Waals surface area contributed by atoms with Crippen molar-refractivity contribution >= 4 is 23.1 Å². The smallest absolute Gasteiger partial charge is 0.0328 e. The topological polar surface area (TPSA) is 15.3 Å². The zero-order chi connectivity index (χ0) is 11.2. The Kier molecular flexibility index (Phi) is 5.16. The van der Waals surface area contributed by atoms with E-state index in [9.17, 15) is 0 Å². The first-order valence-electron chi connectivity index (χ1n) is 5.94. The number of rotatable bonds is 5. The van der Waals surface area contributed by atoms with Gasteiger partial charge in [-0.05, 0) is 18.0 Å². The molecule has 0 aromatic carbocycles. The Labute approximate surface area is 106 Å². The van der Waals surface area contributed by atoms with Crippen LogP contribution in [0.15, 0.2) is 17.5 Å². The Balaban J connectivity index is 1.80. The highest BCUT2D eigenvalue weighted by Gasteiger charge is 2.16. The summed E-state index contributed by atoms with van der Waals surface area (Å²) >= 11 is 3.94. The van der Waals surface area contributed by atoms with Crippen LogP contribution >= 0.6 is 23.1 Å². The van der Waals surface area contributed by atoms with E-state index in [1.807, 2.05) is 11.3 Å². The fourth-order valence-corrected chi connectivity index (χ4v) is 3.66. The SMILES string of the molecule is CCN(Cc1cccs1)CC1CSCCN1. The van der Waals surface area contributed by atoms with Gasteiger partial charge in [0.05, 0.1) is 0 Å². The molecule has 1 aliphatic rings. The maximum Gasteiger partial charge on any atom is 0.0328 e. The molecule has 1 atom stereocenters. The maximum atomic E-state index is 3.60. The van der Waals surface area contributed by atoms with Crippen molar-refractivity contribution in [3.05, 3.63) is 22.4 Å². The van der Waals surface area contributed by atoms with Gasteiger partial charge < -0.3 is 5.32 Å². The molecule has 2 nitrogen and oxygen atoms in total. The largest absolute Gasteiger partial charge is 0.311 e. The fourth-order valence-electron chi connectivity index (χ4n) is 1.98.